The zero-order chi connectivity index (χ0) is 22.5. The van der Waals surface area contributed by atoms with Crippen LogP contribution in [0.4, 0.5) is 0 Å². The first-order valence-electron chi connectivity index (χ1n) is 12.6. The van der Waals surface area contributed by atoms with E-state index in [-0.39, 0.29) is 49.1 Å². The Balaban J connectivity index is -0.00000140. The summed E-state index contributed by atoms with van der Waals surface area (Å²) in [6.07, 6.45) is 18.9. The van der Waals surface area contributed by atoms with E-state index in [9.17, 15) is 4.79 Å². The molecule has 0 aliphatic rings. The topological polar surface area (TPSA) is 111 Å². The van der Waals surface area contributed by atoms with Gasteiger partial charge in [-0.2, -0.15) is 0 Å². The number of unbranched alkanes of at least 4 members (excludes halogenated alkanes) is 12. The van der Waals surface area contributed by atoms with Crippen molar-refractivity contribution in [2.45, 2.75) is 123 Å². The van der Waals surface area contributed by atoms with Gasteiger partial charge in [-0.1, -0.05) is 90.9 Å². The molecule has 0 fully saturated rings. The second-order valence-electron chi connectivity index (χ2n) is 8.62. The number of carbonyl (C=O) groups excluding carboxylic acids is 1. The van der Waals surface area contributed by atoms with Crippen LogP contribution in [0, 0.1) is 0 Å². The molecule has 0 radical (unpaired) electrons. The molecule has 0 heterocycles. The highest BCUT2D eigenvalue weighted by Gasteiger charge is 2.20. The molecule has 0 saturated heterocycles. The van der Waals surface area contributed by atoms with E-state index in [2.05, 4.69) is 18.8 Å². The van der Waals surface area contributed by atoms with E-state index in [4.69, 9.17) is 17.2 Å². The maximum absolute atomic E-state index is 12.9. The number of guanidine groups is 1. The molecule has 1 atom stereocenters. The molecule has 0 aromatic carbocycles. The molecular formula is C24H54Cl3N5O. The van der Waals surface area contributed by atoms with Gasteiger partial charge < -0.3 is 22.1 Å². The highest BCUT2D eigenvalue weighted by Crippen LogP contribution is 2.12. The smallest absolute Gasteiger partial charge is 0.239 e. The third-order valence-corrected chi connectivity index (χ3v) is 5.66. The number of halogens is 3. The largest absolute Gasteiger partial charge is 0.370 e. The van der Waals surface area contributed by atoms with E-state index in [0.29, 0.717) is 13.0 Å². The van der Waals surface area contributed by atoms with Gasteiger partial charge in [0, 0.05) is 19.6 Å². The number of nitrogens with zero attached hydrogens (tertiary/aromatic N) is 2. The van der Waals surface area contributed by atoms with Crippen molar-refractivity contribution in [2.75, 3.05) is 19.6 Å². The van der Waals surface area contributed by atoms with Gasteiger partial charge in [-0.15, -0.1) is 37.2 Å². The quantitative estimate of drug-likeness (QED) is 0.0957. The van der Waals surface area contributed by atoms with Crippen LogP contribution < -0.4 is 17.2 Å². The molecular weight excluding hydrogens is 481 g/mol. The summed E-state index contributed by atoms with van der Waals surface area (Å²) in [6, 6.07) is -0.451. The lowest BCUT2D eigenvalue weighted by atomic mass is 10.1. The Labute approximate surface area is 222 Å². The van der Waals surface area contributed by atoms with Crippen molar-refractivity contribution in [2.24, 2.45) is 22.2 Å². The van der Waals surface area contributed by atoms with E-state index in [1.807, 2.05) is 4.90 Å². The minimum atomic E-state index is -0.451. The first kappa shape index (κ1) is 39.8. The molecule has 0 saturated carbocycles. The molecule has 0 aromatic rings. The predicted molar refractivity (Wildman–Crippen MR) is 152 cm³/mol. The van der Waals surface area contributed by atoms with Crippen LogP contribution >= 0.6 is 37.2 Å². The summed E-state index contributed by atoms with van der Waals surface area (Å²) in [6.45, 7) is 6.69. The number of carbonyl (C=O) groups is 1. The second-order valence-corrected chi connectivity index (χ2v) is 8.62. The van der Waals surface area contributed by atoms with Crippen LogP contribution in [0.5, 0.6) is 0 Å². The van der Waals surface area contributed by atoms with E-state index < -0.39 is 6.04 Å². The molecule has 33 heavy (non-hydrogen) atoms. The van der Waals surface area contributed by atoms with E-state index >= 15 is 0 Å². The molecule has 0 bridgehead atoms. The fourth-order valence-electron chi connectivity index (χ4n) is 3.73. The van der Waals surface area contributed by atoms with Crippen molar-refractivity contribution < 1.29 is 4.79 Å². The average molecular weight is 535 g/mol. The third kappa shape index (κ3) is 26.0. The van der Waals surface area contributed by atoms with Crippen LogP contribution in [0.15, 0.2) is 4.99 Å². The Morgan fingerprint density at radius 2 is 1.09 bits per heavy atom. The summed E-state index contributed by atoms with van der Waals surface area (Å²) >= 11 is 0. The highest BCUT2D eigenvalue weighted by atomic mass is 35.5. The number of hydrogen-bond acceptors (Lipinski definition) is 3. The van der Waals surface area contributed by atoms with Gasteiger partial charge in [0.2, 0.25) is 5.91 Å². The Morgan fingerprint density at radius 1 is 0.697 bits per heavy atom. The Kier molecular flexibility index (Phi) is 35.7. The van der Waals surface area contributed by atoms with Gasteiger partial charge >= 0.3 is 0 Å². The van der Waals surface area contributed by atoms with Gasteiger partial charge in [0.05, 0.1) is 6.04 Å². The van der Waals surface area contributed by atoms with Crippen molar-refractivity contribution in [3.63, 3.8) is 0 Å². The average Bonchev–Trinajstić information content (AvgIpc) is 2.73. The standard InChI is InChI=1S/C24H51N5O.3ClH/c1-3-5-7-9-11-13-15-20-29(21-16-14-12-10-8-6-4-2)23(30)22(25)18-17-19-28-24(26)27;;;/h22H,3-21,25H2,1-2H3,(H4,26,27,28);3*1H/t22-;;;/m0.../s1. The van der Waals surface area contributed by atoms with Gasteiger partial charge in [0.15, 0.2) is 5.96 Å². The Bertz CT molecular complexity index is 420. The molecule has 9 heteroatoms. The zero-order valence-corrected chi connectivity index (χ0v) is 23.7. The third-order valence-electron chi connectivity index (χ3n) is 5.66. The van der Waals surface area contributed by atoms with Gasteiger partial charge in [0.25, 0.3) is 0 Å². The van der Waals surface area contributed by atoms with Crippen LogP contribution in [-0.2, 0) is 4.79 Å². The Hall–Kier alpha value is -0.430. The van der Waals surface area contributed by atoms with Gasteiger partial charge in [-0.05, 0) is 25.7 Å². The lowest BCUT2D eigenvalue weighted by Gasteiger charge is -2.26. The van der Waals surface area contributed by atoms with Crippen molar-refractivity contribution in [1.82, 2.24) is 4.90 Å². The fraction of sp³-hybridized carbons (Fsp3) is 0.917. The molecule has 0 aromatic heterocycles. The molecule has 0 aliphatic carbocycles. The monoisotopic (exact) mass is 533 g/mol. The van der Waals surface area contributed by atoms with Crippen LogP contribution in [0.2, 0.25) is 0 Å². The molecule has 0 aliphatic heterocycles. The molecule has 0 unspecified atom stereocenters. The number of aliphatic imine (C=N–C) groups is 1. The molecule has 6 nitrogen and oxygen atoms in total. The maximum atomic E-state index is 12.9. The highest BCUT2D eigenvalue weighted by molar-refractivity contribution is 5.86. The fourth-order valence-corrected chi connectivity index (χ4v) is 3.73. The zero-order valence-electron chi connectivity index (χ0n) is 21.3. The number of rotatable bonds is 21. The second kappa shape index (κ2) is 29.6. The number of hydrogen-bond donors (Lipinski definition) is 3. The lowest BCUT2D eigenvalue weighted by Crippen LogP contribution is -2.44. The first-order valence-corrected chi connectivity index (χ1v) is 12.6. The van der Waals surface area contributed by atoms with E-state index in [1.165, 1.54) is 77.0 Å². The van der Waals surface area contributed by atoms with Crippen LogP contribution in [0.25, 0.3) is 0 Å². The van der Waals surface area contributed by atoms with Crippen LogP contribution in [0.1, 0.15) is 117 Å². The molecule has 1 amide bonds. The number of amides is 1. The van der Waals surface area contributed by atoms with Crippen molar-refractivity contribution >= 4 is 49.1 Å². The van der Waals surface area contributed by atoms with E-state index in [1.54, 1.807) is 0 Å². The van der Waals surface area contributed by atoms with Gasteiger partial charge in [0.1, 0.15) is 0 Å². The van der Waals surface area contributed by atoms with Crippen molar-refractivity contribution in [3.05, 3.63) is 0 Å². The summed E-state index contributed by atoms with van der Waals surface area (Å²) in [5.74, 6) is 0.186. The van der Waals surface area contributed by atoms with Crippen molar-refractivity contribution in [3.8, 4) is 0 Å². The predicted octanol–water partition coefficient (Wildman–Crippen LogP) is 5.96. The van der Waals surface area contributed by atoms with Crippen LogP contribution in [0.3, 0.4) is 0 Å². The Morgan fingerprint density at radius 3 is 1.48 bits per heavy atom. The first-order chi connectivity index (χ1) is 14.5. The maximum Gasteiger partial charge on any atom is 0.239 e. The normalized spacial score (nSPS) is 10.9. The number of nitrogens with two attached hydrogens (primary N) is 3. The molecule has 0 spiro atoms. The lowest BCUT2D eigenvalue weighted by molar-refractivity contribution is -0.133. The molecule has 0 rings (SSSR count). The van der Waals surface area contributed by atoms with E-state index in [0.717, 1.165) is 32.4 Å². The summed E-state index contributed by atoms with van der Waals surface area (Å²) in [4.78, 5) is 18.9. The molecule has 202 valence electrons. The minimum absolute atomic E-state index is 0. The summed E-state index contributed by atoms with van der Waals surface area (Å²) in [5, 5.41) is 0. The van der Waals surface area contributed by atoms with Crippen molar-refractivity contribution in [1.29, 1.82) is 0 Å². The van der Waals surface area contributed by atoms with Gasteiger partial charge in [-0.3, -0.25) is 9.79 Å². The van der Waals surface area contributed by atoms with Gasteiger partial charge in [-0.25, -0.2) is 0 Å². The SMILES string of the molecule is CCCCCCCCCN(CCCCCCCCC)C(=O)[C@@H](N)CCCN=C(N)N.Cl.Cl.Cl. The summed E-state index contributed by atoms with van der Waals surface area (Å²) in [5.41, 5.74) is 16.9. The molecule has 6 N–H and O–H groups in total. The summed E-state index contributed by atoms with van der Waals surface area (Å²) < 4.78 is 0. The summed E-state index contributed by atoms with van der Waals surface area (Å²) in [7, 11) is 0. The minimum Gasteiger partial charge on any atom is -0.370 e. The van der Waals surface area contributed by atoms with Crippen LogP contribution in [-0.4, -0.2) is 42.4 Å².